The first-order valence-corrected chi connectivity index (χ1v) is 8.23. The Morgan fingerprint density at radius 1 is 1.25 bits per heavy atom. The van der Waals surface area contributed by atoms with Crippen molar-refractivity contribution in [2.75, 3.05) is 5.32 Å². The average molecular weight is 409 g/mol. The zero-order valence-corrected chi connectivity index (χ0v) is 14.7. The van der Waals surface area contributed by atoms with Crippen LogP contribution in [0.1, 0.15) is 15.9 Å². The van der Waals surface area contributed by atoms with E-state index in [9.17, 15) is 9.18 Å². The highest BCUT2D eigenvalue weighted by atomic mass is 79.9. The predicted octanol–water partition coefficient (Wildman–Crippen LogP) is 4.74. The largest absolute Gasteiger partial charge is 0.307 e. The van der Waals surface area contributed by atoms with Gasteiger partial charge in [0.15, 0.2) is 0 Å². The second kappa shape index (κ2) is 7.15. The van der Waals surface area contributed by atoms with Crippen LogP contribution in [0.25, 0.3) is 0 Å². The molecule has 0 aliphatic heterocycles. The standard InChI is InChI=1S/C17H12BrClFN3O/c18-14-9-12(20)5-6-13(14)17(24)22-16-7-8-21-23(16)10-11-3-1-2-4-15(11)19/h1-9H,10H2,(H,22,24). The number of carbonyl (C=O) groups excluding carboxylic acids is 1. The first-order valence-electron chi connectivity index (χ1n) is 7.06. The van der Waals surface area contributed by atoms with Gasteiger partial charge in [-0.05, 0) is 45.8 Å². The molecule has 3 aromatic rings. The van der Waals surface area contributed by atoms with Gasteiger partial charge in [-0.2, -0.15) is 5.10 Å². The van der Waals surface area contributed by atoms with Crippen LogP contribution in [0.2, 0.25) is 5.02 Å². The Morgan fingerprint density at radius 2 is 2.04 bits per heavy atom. The third kappa shape index (κ3) is 3.66. The molecule has 0 fully saturated rings. The monoisotopic (exact) mass is 407 g/mol. The second-order valence-electron chi connectivity index (χ2n) is 5.04. The van der Waals surface area contributed by atoms with E-state index in [0.717, 1.165) is 5.56 Å². The Bertz CT molecular complexity index is 897. The van der Waals surface area contributed by atoms with Crippen LogP contribution >= 0.6 is 27.5 Å². The number of aromatic nitrogens is 2. The fraction of sp³-hybridized carbons (Fsp3) is 0.0588. The lowest BCUT2D eigenvalue weighted by atomic mass is 10.2. The fourth-order valence-corrected chi connectivity index (χ4v) is 2.94. The SMILES string of the molecule is O=C(Nc1ccnn1Cc1ccccc1Cl)c1ccc(F)cc1Br. The van der Waals surface area contributed by atoms with Gasteiger partial charge in [-0.3, -0.25) is 4.79 Å². The molecule has 1 amide bonds. The molecule has 7 heteroatoms. The van der Waals surface area contributed by atoms with Crippen LogP contribution in [-0.2, 0) is 6.54 Å². The number of nitrogens with zero attached hydrogens (tertiary/aromatic N) is 2. The lowest BCUT2D eigenvalue weighted by molar-refractivity contribution is 0.102. The number of nitrogens with one attached hydrogen (secondary N) is 1. The topological polar surface area (TPSA) is 46.9 Å². The molecule has 0 aliphatic carbocycles. The molecule has 1 N–H and O–H groups in total. The molecule has 4 nitrogen and oxygen atoms in total. The van der Waals surface area contributed by atoms with Crippen molar-refractivity contribution < 1.29 is 9.18 Å². The van der Waals surface area contributed by atoms with Crippen LogP contribution in [-0.4, -0.2) is 15.7 Å². The summed E-state index contributed by atoms with van der Waals surface area (Å²) in [6.45, 7) is 0.423. The molecule has 0 unspecified atom stereocenters. The number of benzene rings is 2. The summed E-state index contributed by atoms with van der Waals surface area (Å²) in [7, 11) is 0. The maximum atomic E-state index is 13.1. The van der Waals surface area contributed by atoms with E-state index in [0.29, 0.717) is 27.4 Å². The summed E-state index contributed by atoms with van der Waals surface area (Å²) in [6, 6.07) is 13.0. The highest BCUT2D eigenvalue weighted by molar-refractivity contribution is 9.10. The van der Waals surface area contributed by atoms with Gasteiger partial charge >= 0.3 is 0 Å². The minimum absolute atomic E-state index is 0.335. The minimum Gasteiger partial charge on any atom is -0.307 e. The summed E-state index contributed by atoms with van der Waals surface area (Å²) in [5.74, 6) is -0.249. The zero-order valence-electron chi connectivity index (χ0n) is 12.3. The van der Waals surface area contributed by atoms with Crippen molar-refractivity contribution in [3.8, 4) is 0 Å². The zero-order chi connectivity index (χ0) is 17.1. The van der Waals surface area contributed by atoms with Crippen molar-refractivity contribution in [1.29, 1.82) is 0 Å². The third-order valence-electron chi connectivity index (χ3n) is 3.41. The molecule has 0 spiro atoms. The summed E-state index contributed by atoms with van der Waals surface area (Å²) in [5.41, 5.74) is 1.23. The van der Waals surface area contributed by atoms with E-state index in [1.54, 1.807) is 23.0 Å². The van der Waals surface area contributed by atoms with Gasteiger partial charge in [-0.25, -0.2) is 9.07 Å². The Hall–Kier alpha value is -2.18. The van der Waals surface area contributed by atoms with Crippen molar-refractivity contribution >= 4 is 39.3 Å². The van der Waals surface area contributed by atoms with Crippen molar-refractivity contribution in [2.24, 2.45) is 0 Å². The van der Waals surface area contributed by atoms with Gasteiger partial charge in [-0.15, -0.1) is 0 Å². The minimum atomic E-state index is -0.415. The summed E-state index contributed by atoms with van der Waals surface area (Å²) >= 11 is 9.35. The van der Waals surface area contributed by atoms with E-state index in [1.165, 1.54) is 18.2 Å². The molecule has 24 heavy (non-hydrogen) atoms. The average Bonchev–Trinajstić information content (AvgIpc) is 2.96. The smallest absolute Gasteiger partial charge is 0.257 e. The number of amides is 1. The molecule has 0 bridgehead atoms. The molecular formula is C17H12BrClFN3O. The van der Waals surface area contributed by atoms with Crippen LogP contribution in [0.5, 0.6) is 0 Å². The first-order chi connectivity index (χ1) is 11.5. The molecule has 0 atom stereocenters. The van der Waals surface area contributed by atoms with Gasteiger partial charge in [0.2, 0.25) is 0 Å². The van der Waals surface area contributed by atoms with Crippen LogP contribution in [0.4, 0.5) is 10.2 Å². The van der Waals surface area contributed by atoms with E-state index in [4.69, 9.17) is 11.6 Å². The lowest BCUT2D eigenvalue weighted by Crippen LogP contribution is -2.16. The molecule has 1 heterocycles. The Kier molecular flexibility index (Phi) is 4.97. The molecule has 0 saturated carbocycles. The number of rotatable bonds is 4. The number of halogens is 3. The molecule has 0 radical (unpaired) electrons. The number of hydrogen-bond acceptors (Lipinski definition) is 2. The van der Waals surface area contributed by atoms with Crippen molar-refractivity contribution in [3.63, 3.8) is 0 Å². The molecule has 0 aliphatic rings. The van der Waals surface area contributed by atoms with Crippen LogP contribution < -0.4 is 5.32 Å². The van der Waals surface area contributed by atoms with Gasteiger partial charge in [0.25, 0.3) is 5.91 Å². The fourth-order valence-electron chi connectivity index (χ4n) is 2.21. The van der Waals surface area contributed by atoms with Crippen molar-refractivity contribution in [3.05, 3.63) is 81.2 Å². The van der Waals surface area contributed by atoms with Gasteiger partial charge in [0.1, 0.15) is 11.6 Å². The van der Waals surface area contributed by atoms with Crippen molar-refractivity contribution in [1.82, 2.24) is 9.78 Å². The summed E-state index contributed by atoms with van der Waals surface area (Å²) in [4.78, 5) is 12.4. The molecule has 0 saturated heterocycles. The van der Waals surface area contributed by atoms with Crippen LogP contribution in [0, 0.1) is 5.82 Å². The Labute approximate surface area is 151 Å². The maximum absolute atomic E-state index is 13.1. The van der Waals surface area contributed by atoms with E-state index in [-0.39, 0.29) is 5.91 Å². The molecule has 3 rings (SSSR count). The van der Waals surface area contributed by atoms with Gasteiger partial charge < -0.3 is 5.32 Å². The highest BCUT2D eigenvalue weighted by Crippen LogP contribution is 2.21. The summed E-state index contributed by atoms with van der Waals surface area (Å²) in [6.07, 6.45) is 1.59. The van der Waals surface area contributed by atoms with E-state index < -0.39 is 5.82 Å². The first kappa shape index (κ1) is 16.7. The number of anilines is 1. The van der Waals surface area contributed by atoms with Crippen molar-refractivity contribution in [2.45, 2.75) is 6.54 Å². The highest BCUT2D eigenvalue weighted by Gasteiger charge is 2.14. The predicted molar refractivity (Wildman–Crippen MR) is 94.8 cm³/mol. The molecule has 1 aromatic heterocycles. The maximum Gasteiger partial charge on any atom is 0.257 e. The summed E-state index contributed by atoms with van der Waals surface area (Å²) in [5, 5.41) is 7.61. The number of hydrogen-bond donors (Lipinski definition) is 1. The molecule has 122 valence electrons. The Balaban J connectivity index is 1.80. The van der Waals surface area contributed by atoms with E-state index in [1.807, 2.05) is 18.2 Å². The Morgan fingerprint density at radius 3 is 2.79 bits per heavy atom. The quantitative estimate of drug-likeness (QED) is 0.678. The molecule has 2 aromatic carbocycles. The van der Waals surface area contributed by atoms with E-state index >= 15 is 0 Å². The second-order valence-corrected chi connectivity index (χ2v) is 6.31. The van der Waals surface area contributed by atoms with Gasteiger partial charge in [-0.1, -0.05) is 29.8 Å². The summed E-state index contributed by atoms with van der Waals surface area (Å²) < 4.78 is 15.2. The van der Waals surface area contributed by atoms with Gasteiger partial charge in [0.05, 0.1) is 18.3 Å². The number of carbonyl (C=O) groups is 1. The lowest BCUT2D eigenvalue weighted by Gasteiger charge is -2.11. The van der Waals surface area contributed by atoms with Crippen LogP contribution in [0.3, 0.4) is 0 Å². The van der Waals surface area contributed by atoms with Crippen LogP contribution in [0.15, 0.2) is 59.2 Å². The normalized spacial score (nSPS) is 10.6. The third-order valence-corrected chi connectivity index (χ3v) is 4.44. The van der Waals surface area contributed by atoms with Gasteiger partial charge in [0, 0.05) is 15.6 Å². The van der Waals surface area contributed by atoms with E-state index in [2.05, 4.69) is 26.3 Å². The molecular weight excluding hydrogens is 397 g/mol.